The normalized spacial score (nSPS) is 23.9. The van der Waals surface area contributed by atoms with Gasteiger partial charge in [-0.1, -0.05) is 57.0 Å². The van der Waals surface area contributed by atoms with Crippen LogP contribution in [-0.2, 0) is 4.79 Å². The first-order valence-electron chi connectivity index (χ1n) is 7.04. The molecule has 1 aromatic carbocycles. The molecule has 1 unspecified atom stereocenters. The first kappa shape index (κ1) is 13.1. The number of carbonyl (C=O) groups excluding carboxylic acids is 1. The standard InChI is InChI=1S/C16H23NO/c1-12(2)16(18)17-15-11-7-6-10-14(15)13-8-4-3-5-9-13/h3-5,8-9,12,14-15H,6-7,10-11H2,1-2H3,(H,17,18)/t14?,15-/m1/s1. The molecule has 1 aromatic rings. The fourth-order valence-corrected chi connectivity index (χ4v) is 2.75. The van der Waals surface area contributed by atoms with Gasteiger partial charge in [0.05, 0.1) is 0 Å². The second-order valence-electron chi connectivity index (χ2n) is 5.57. The second kappa shape index (κ2) is 6.03. The lowest BCUT2D eigenvalue weighted by Gasteiger charge is -2.33. The van der Waals surface area contributed by atoms with E-state index >= 15 is 0 Å². The highest BCUT2D eigenvalue weighted by Gasteiger charge is 2.27. The van der Waals surface area contributed by atoms with E-state index in [0.29, 0.717) is 12.0 Å². The summed E-state index contributed by atoms with van der Waals surface area (Å²) in [5.41, 5.74) is 1.37. The van der Waals surface area contributed by atoms with Crippen LogP contribution in [0.3, 0.4) is 0 Å². The molecular formula is C16H23NO. The molecular weight excluding hydrogens is 222 g/mol. The van der Waals surface area contributed by atoms with Crippen molar-refractivity contribution in [2.75, 3.05) is 0 Å². The van der Waals surface area contributed by atoms with Crippen LogP contribution in [0.5, 0.6) is 0 Å². The first-order valence-corrected chi connectivity index (χ1v) is 7.04. The maximum absolute atomic E-state index is 11.9. The average molecular weight is 245 g/mol. The van der Waals surface area contributed by atoms with Gasteiger partial charge < -0.3 is 5.32 Å². The molecule has 1 aliphatic rings. The lowest BCUT2D eigenvalue weighted by Crippen LogP contribution is -2.42. The van der Waals surface area contributed by atoms with Crippen LogP contribution in [0, 0.1) is 5.92 Å². The molecule has 0 radical (unpaired) electrons. The summed E-state index contributed by atoms with van der Waals surface area (Å²) in [7, 11) is 0. The van der Waals surface area contributed by atoms with Crippen LogP contribution in [0.15, 0.2) is 30.3 Å². The Kier molecular flexibility index (Phi) is 4.40. The van der Waals surface area contributed by atoms with E-state index in [1.54, 1.807) is 0 Å². The summed E-state index contributed by atoms with van der Waals surface area (Å²) in [6.07, 6.45) is 4.80. The fraction of sp³-hybridized carbons (Fsp3) is 0.562. The second-order valence-corrected chi connectivity index (χ2v) is 5.57. The van der Waals surface area contributed by atoms with E-state index in [9.17, 15) is 4.79 Å². The SMILES string of the molecule is CC(C)C(=O)N[C@@H]1CCCCC1c1ccccc1. The molecule has 2 nitrogen and oxygen atoms in total. The van der Waals surface area contributed by atoms with E-state index in [1.807, 2.05) is 19.9 Å². The summed E-state index contributed by atoms with van der Waals surface area (Å²) < 4.78 is 0. The van der Waals surface area contributed by atoms with Crippen molar-refractivity contribution < 1.29 is 4.79 Å². The largest absolute Gasteiger partial charge is 0.353 e. The van der Waals surface area contributed by atoms with Gasteiger partial charge in [-0.25, -0.2) is 0 Å². The van der Waals surface area contributed by atoms with Crippen molar-refractivity contribution in [2.24, 2.45) is 5.92 Å². The van der Waals surface area contributed by atoms with Gasteiger partial charge in [-0.3, -0.25) is 4.79 Å². The predicted octanol–water partition coefficient (Wildman–Crippen LogP) is 3.49. The summed E-state index contributed by atoms with van der Waals surface area (Å²) in [6, 6.07) is 10.9. The predicted molar refractivity (Wildman–Crippen MR) is 74.4 cm³/mol. The van der Waals surface area contributed by atoms with Gasteiger partial charge >= 0.3 is 0 Å². The highest BCUT2D eigenvalue weighted by molar-refractivity contribution is 5.78. The minimum atomic E-state index is 0.0725. The molecule has 0 bridgehead atoms. The molecule has 2 heteroatoms. The van der Waals surface area contributed by atoms with E-state index in [2.05, 4.69) is 29.6 Å². The molecule has 0 heterocycles. The van der Waals surface area contributed by atoms with E-state index in [-0.39, 0.29) is 11.8 Å². The van der Waals surface area contributed by atoms with Crippen molar-refractivity contribution in [3.05, 3.63) is 35.9 Å². The Morgan fingerprint density at radius 2 is 1.83 bits per heavy atom. The Balaban J connectivity index is 2.09. The highest BCUT2D eigenvalue weighted by Crippen LogP contribution is 2.33. The van der Waals surface area contributed by atoms with E-state index in [4.69, 9.17) is 0 Å². The zero-order valence-corrected chi connectivity index (χ0v) is 11.4. The Morgan fingerprint density at radius 3 is 2.50 bits per heavy atom. The smallest absolute Gasteiger partial charge is 0.222 e. The van der Waals surface area contributed by atoms with Gasteiger partial charge in [-0.05, 0) is 18.4 Å². The maximum Gasteiger partial charge on any atom is 0.222 e. The van der Waals surface area contributed by atoms with E-state index in [0.717, 1.165) is 6.42 Å². The Bertz CT molecular complexity index is 385. The molecule has 2 rings (SSSR count). The quantitative estimate of drug-likeness (QED) is 0.867. The fourth-order valence-electron chi connectivity index (χ4n) is 2.75. The van der Waals surface area contributed by atoms with Gasteiger partial charge in [0.1, 0.15) is 0 Å². The summed E-state index contributed by atoms with van der Waals surface area (Å²) in [5, 5.41) is 3.23. The molecule has 2 atom stereocenters. The number of amides is 1. The Hall–Kier alpha value is -1.31. The van der Waals surface area contributed by atoms with Crippen LogP contribution in [-0.4, -0.2) is 11.9 Å². The molecule has 98 valence electrons. The van der Waals surface area contributed by atoms with Crippen molar-refractivity contribution in [1.82, 2.24) is 5.32 Å². The molecule has 1 amide bonds. The highest BCUT2D eigenvalue weighted by atomic mass is 16.1. The minimum Gasteiger partial charge on any atom is -0.353 e. The molecule has 0 spiro atoms. The molecule has 1 aliphatic carbocycles. The number of hydrogen-bond donors (Lipinski definition) is 1. The monoisotopic (exact) mass is 245 g/mol. The van der Waals surface area contributed by atoms with Crippen molar-refractivity contribution in [3.8, 4) is 0 Å². The van der Waals surface area contributed by atoms with Crippen LogP contribution in [0.4, 0.5) is 0 Å². The molecule has 0 aliphatic heterocycles. The summed E-state index contributed by atoms with van der Waals surface area (Å²) in [4.78, 5) is 11.9. The zero-order chi connectivity index (χ0) is 13.0. The number of carbonyl (C=O) groups is 1. The number of nitrogens with one attached hydrogen (secondary N) is 1. The summed E-state index contributed by atoms with van der Waals surface area (Å²) in [5.74, 6) is 0.744. The minimum absolute atomic E-state index is 0.0725. The summed E-state index contributed by atoms with van der Waals surface area (Å²) in [6.45, 7) is 3.91. The van der Waals surface area contributed by atoms with Gasteiger partial charge in [0.2, 0.25) is 5.91 Å². The molecule has 18 heavy (non-hydrogen) atoms. The van der Waals surface area contributed by atoms with Gasteiger partial charge in [0.25, 0.3) is 0 Å². The van der Waals surface area contributed by atoms with Gasteiger partial charge in [0, 0.05) is 17.9 Å². The van der Waals surface area contributed by atoms with Gasteiger partial charge in [-0.15, -0.1) is 0 Å². The molecule has 0 saturated heterocycles. The topological polar surface area (TPSA) is 29.1 Å². The van der Waals surface area contributed by atoms with Crippen LogP contribution >= 0.6 is 0 Å². The molecule has 1 N–H and O–H groups in total. The molecule has 1 saturated carbocycles. The van der Waals surface area contributed by atoms with Crippen molar-refractivity contribution >= 4 is 5.91 Å². The van der Waals surface area contributed by atoms with Gasteiger partial charge in [-0.2, -0.15) is 0 Å². The van der Waals surface area contributed by atoms with Gasteiger partial charge in [0.15, 0.2) is 0 Å². The number of hydrogen-bond acceptors (Lipinski definition) is 1. The maximum atomic E-state index is 11.9. The Morgan fingerprint density at radius 1 is 1.17 bits per heavy atom. The molecule has 0 aromatic heterocycles. The van der Waals surface area contributed by atoms with Crippen molar-refractivity contribution in [2.45, 2.75) is 51.5 Å². The third-order valence-electron chi connectivity index (χ3n) is 3.85. The van der Waals surface area contributed by atoms with E-state index in [1.165, 1.54) is 24.8 Å². The molecule has 1 fully saturated rings. The van der Waals surface area contributed by atoms with E-state index < -0.39 is 0 Å². The number of benzene rings is 1. The van der Waals surface area contributed by atoms with Crippen LogP contribution in [0.2, 0.25) is 0 Å². The average Bonchev–Trinajstić information content (AvgIpc) is 2.40. The summed E-state index contributed by atoms with van der Waals surface area (Å²) >= 11 is 0. The third kappa shape index (κ3) is 3.12. The van der Waals surface area contributed by atoms with Crippen LogP contribution in [0.1, 0.15) is 51.0 Å². The van der Waals surface area contributed by atoms with Crippen molar-refractivity contribution in [1.29, 1.82) is 0 Å². The van der Waals surface area contributed by atoms with Crippen LogP contribution in [0.25, 0.3) is 0 Å². The third-order valence-corrected chi connectivity index (χ3v) is 3.85. The first-order chi connectivity index (χ1) is 8.68. The lowest BCUT2D eigenvalue weighted by atomic mass is 9.80. The zero-order valence-electron chi connectivity index (χ0n) is 11.4. The number of rotatable bonds is 3. The van der Waals surface area contributed by atoms with Crippen LogP contribution < -0.4 is 5.32 Å². The Labute approximate surface area is 110 Å². The lowest BCUT2D eigenvalue weighted by molar-refractivity contribution is -0.125. The van der Waals surface area contributed by atoms with Crippen molar-refractivity contribution in [3.63, 3.8) is 0 Å².